The van der Waals surface area contributed by atoms with Gasteiger partial charge in [-0.2, -0.15) is 13.2 Å². The van der Waals surface area contributed by atoms with E-state index >= 15 is 0 Å². The number of rotatable bonds is 6. The summed E-state index contributed by atoms with van der Waals surface area (Å²) in [5, 5.41) is 12.2. The lowest BCUT2D eigenvalue weighted by Gasteiger charge is -2.20. The largest absolute Gasteiger partial charge is 0.545 e. The number of benzene rings is 3. The van der Waals surface area contributed by atoms with Gasteiger partial charge in [0.05, 0.1) is 21.9 Å². The Labute approximate surface area is 224 Å². The lowest BCUT2D eigenvalue weighted by atomic mass is 9.88. The van der Waals surface area contributed by atoms with Gasteiger partial charge in [-0.15, -0.1) is 0 Å². The Kier molecular flexibility index (Phi) is 7.31. The van der Waals surface area contributed by atoms with E-state index in [0.717, 1.165) is 22.0 Å². The van der Waals surface area contributed by atoms with Crippen molar-refractivity contribution < 1.29 is 31.5 Å². The molecule has 4 rings (SSSR count). The maximum atomic E-state index is 13.8. The van der Waals surface area contributed by atoms with Crippen LogP contribution in [-0.2, 0) is 16.2 Å². The maximum Gasteiger partial charge on any atom is 0.418 e. The van der Waals surface area contributed by atoms with Crippen LogP contribution in [0.2, 0.25) is 0 Å². The molecule has 204 valence electrons. The summed E-state index contributed by atoms with van der Waals surface area (Å²) in [5.74, 6) is -1.60. The molecule has 0 amide bonds. The average molecular weight is 556 g/mol. The third-order valence-electron chi connectivity index (χ3n) is 6.70. The zero-order chi connectivity index (χ0) is 28.9. The first-order valence-electron chi connectivity index (χ1n) is 12.0. The molecule has 0 saturated heterocycles. The number of alkyl halides is 3. The minimum absolute atomic E-state index is 0.0740. The van der Waals surface area contributed by atoms with Crippen LogP contribution in [0.25, 0.3) is 33.2 Å². The lowest BCUT2D eigenvalue weighted by Crippen LogP contribution is -2.26. The number of carboxylic acid groups (broad SMARTS) is 1. The molecular formula is C29H26F3N2O4S-. The van der Waals surface area contributed by atoms with E-state index in [9.17, 15) is 31.5 Å². The van der Waals surface area contributed by atoms with Crippen molar-refractivity contribution in [2.75, 3.05) is 14.1 Å². The molecule has 3 aromatic carbocycles. The van der Waals surface area contributed by atoms with Gasteiger partial charge in [0, 0.05) is 31.2 Å². The van der Waals surface area contributed by atoms with E-state index < -0.39 is 27.7 Å². The molecule has 0 saturated carbocycles. The summed E-state index contributed by atoms with van der Waals surface area (Å²) >= 11 is 0. The number of carbonyl (C=O) groups is 1. The molecular weight excluding hydrogens is 529 g/mol. The van der Waals surface area contributed by atoms with Crippen LogP contribution < -0.4 is 5.11 Å². The monoisotopic (exact) mass is 555 g/mol. The summed E-state index contributed by atoms with van der Waals surface area (Å²) in [6.07, 6.45) is -3.14. The van der Waals surface area contributed by atoms with Crippen molar-refractivity contribution in [3.8, 4) is 22.3 Å². The van der Waals surface area contributed by atoms with E-state index in [-0.39, 0.29) is 21.9 Å². The Morgan fingerprint density at radius 3 is 2.23 bits per heavy atom. The zero-order valence-electron chi connectivity index (χ0n) is 21.9. The second-order valence-corrected chi connectivity index (χ2v) is 11.9. The second-order valence-electron chi connectivity index (χ2n) is 9.74. The number of pyridine rings is 1. The number of aromatic nitrogens is 1. The number of sulfonamides is 1. The van der Waals surface area contributed by atoms with Crippen molar-refractivity contribution in [3.05, 3.63) is 83.0 Å². The number of carbonyl (C=O) groups excluding carboxylic acids is 1. The average Bonchev–Trinajstić information content (AvgIpc) is 2.86. The molecule has 1 aromatic heterocycles. The van der Waals surface area contributed by atoms with E-state index in [4.69, 9.17) is 0 Å². The smallest absolute Gasteiger partial charge is 0.418 e. The van der Waals surface area contributed by atoms with Crippen molar-refractivity contribution in [1.82, 2.24) is 9.29 Å². The fourth-order valence-corrected chi connectivity index (χ4v) is 5.58. The van der Waals surface area contributed by atoms with Gasteiger partial charge in [0.2, 0.25) is 10.0 Å². The topological polar surface area (TPSA) is 90.4 Å². The number of para-hydroxylation sites is 1. The summed E-state index contributed by atoms with van der Waals surface area (Å²) in [7, 11) is -1.30. The minimum Gasteiger partial charge on any atom is -0.545 e. The number of hydrogen-bond donors (Lipinski definition) is 0. The Hall–Kier alpha value is -3.76. The fraction of sp³-hybridized carbons (Fsp3) is 0.241. The third kappa shape index (κ3) is 5.14. The summed E-state index contributed by atoms with van der Waals surface area (Å²) in [4.78, 5) is 15.9. The van der Waals surface area contributed by atoms with Crippen molar-refractivity contribution in [2.45, 2.75) is 37.8 Å². The summed E-state index contributed by atoms with van der Waals surface area (Å²) in [6.45, 7) is 5.38. The van der Waals surface area contributed by atoms with E-state index in [1.165, 1.54) is 32.4 Å². The van der Waals surface area contributed by atoms with Crippen molar-refractivity contribution in [2.24, 2.45) is 0 Å². The molecule has 0 aliphatic carbocycles. The summed E-state index contributed by atoms with van der Waals surface area (Å²) in [6, 6.07) is 13.2. The van der Waals surface area contributed by atoms with Gasteiger partial charge in [-0.25, -0.2) is 12.7 Å². The molecule has 0 bridgehead atoms. The van der Waals surface area contributed by atoms with E-state index in [1.54, 1.807) is 37.3 Å². The molecule has 10 heteroatoms. The first-order valence-corrected chi connectivity index (χ1v) is 13.5. The molecule has 1 heterocycles. The number of halogens is 3. The Bertz CT molecular complexity index is 1710. The van der Waals surface area contributed by atoms with Crippen molar-refractivity contribution in [3.63, 3.8) is 0 Å². The number of fused-ring (bicyclic) bond motifs is 1. The van der Waals surface area contributed by atoms with Gasteiger partial charge < -0.3 is 9.90 Å². The van der Waals surface area contributed by atoms with Crippen LogP contribution in [-0.4, -0.2) is 37.8 Å². The Morgan fingerprint density at radius 1 is 1.00 bits per heavy atom. The molecule has 0 fully saturated rings. The first-order chi connectivity index (χ1) is 18.1. The molecule has 4 aromatic rings. The molecule has 0 radical (unpaired) electrons. The molecule has 0 spiro atoms. The Balaban J connectivity index is 2.04. The van der Waals surface area contributed by atoms with E-state index in [0.29, 0.717) is 33.2 Å². The quantitative estimate of drug-likeness (QED) is 0.308. The molecule has 0 unspecified atom stereocenters. The van der Waals surface area contributed by atoms with Gasteiger partial charge in [-0.3, -0.25) is 4.98 Å². The lowest BCUT2D eigenvalue weighted by molar-refractivity contribution is -0.255. The molecule has 6 nitrogen and oxygen atoms in total. The normalized spacial score (nSPS) is 12.5. The third-order valence-corrected chi connectivity index (χ3v) is 8.49. The van der Waals surface area contributed by atoms with Gasteiger partial charge in [-0.05, 0) is 70.5 Å². The standard InChI is InChI=1S/C29H27F3N2O4S/c1-16(2)24-15-33-27-21(10-7-11-25(27)29(30,31)32)26(24)19-9-6-8-18(12-19)22-13-20(39(37,38)34(4)5)14-23(17(22)3)28(35)36/h6-16H,1-5H3,(H,35,36)/p-1. The van der Waals surface area contributed by atoms with E-state index in [2.05, 4.69) is 4.98 Å². The van der Waals surface area contributed by atoms with Crippen LogP contribution in [0.5, 0.6) is 0 Å². The minimum atomic E-state index is -4.60. The molecule has 39 heavy (non-hydrogen) atoms. The van der Waals surface area contributed by atoms with Crippen molar-refractivity contribution in [1.29, 1.82) is 0 Å². The predicted molar refractivity (Wildman–Crippen MR) is 142 cm³/mol. The molecule has 0 N–H and O–H groups in total. The van der Waals surface area contributed by atoms with Gasteiger partial charge in [0.15, 0.2) is 0 Å². The number of aromatic carboxylic acids is 1. The summed E-state index contributed by atoms with van der Waals surface area (Å²) in [5.41, 5.74) is 1.73. The SMILES string of the molecule is Cc1c(C(=O)[O-])cc(S(=O)(=O)N(C)C)cc1-c1cccc(-c2c(C(C)C)cnc3c(C(F)(F)F)cccc23)c1. The number of nitrogens with zero attached hydrogens (tertiary/aromatic N) is 2. The van der Waals surface area contributed by atoms with Crippen LogP contribution in [0.15, 0.2) is 65.7 Å². The van der Waals surface area contributed by atoms with Crippen LogP contribution in [0.1, 0.15) is 46.8 Å². The van der Waals surface area contributed by atoms with Gasteiger partial charge in [0.25, 0.3) is 0 Å². The van der Waals surface area contributed by atoms with E-state index in [1.807, 2.05) is 13.8 Å². The highest BCUT2D eigenvalue weighted by Crippen LogP contribution is 2.41. The summed E-state index contributed by atoms with van der Waals surface area (Å²) < 4.78 is 68.1. The molecule has 0 aliphatic rings. The Morgan fingerprint density at radius 2 is 1.64 bits per heavy atom. The molecule has 0 aliphatic heterocycles. The highest BCUT2D eigenvalue weighted by atomic mass is 32.2. The fourth-order valence-electron chi connectivity index (χ4n) is 4.63. The van der Waals surface area contributed by atoms with Gasteiger partial charge in [-0.1, -0.05) is 44.2 Å². The van der Waals surface area contributed by atoms with Crippen LogP contribution in [0.3, 0.4) is 0 Å². The highest BCUT2D eigenvalue weighted by molar-refractivity contribution is 7.89. The van der Waals surface area contributed by atoms with Crippen molar-refractivity contribution >= 4 is 26.9 Å². The van der Waals surface area contributed by atoms with Gasteiger partial charge in [0.1, 0.15) is 0 Å². The maximum absolute atomic E-state index is 13.8. The van der Waals surface area contributed by atoms with Crippen LogP contribution >= 0.6 is 0 Å². The van der Waals surface area contributed by atoms with Crippen LogP contribution in [0.4, 0.5) is 13.2 Å². The molecule has 0 atom stereocenters. The number of hydrogen-bond acceptors (Lipinski definition) is 5. The van der Waals surface area contributed by atoms with Crippen LogP contribution in [0, 0.1) is 6.92 Å². The number of carboxylic acids is 1. The zero-order valence-corrected chi connectivity index (χ0v) is 22.7. The van der Waals surface area contributed by atoms with Gasteiger partial charge >= 0.3 is 6.18 Å². The first kappa shape index (κ1) is 28.3. The predicted octanol–water partition coefficient (Wildman–Crippen LogP) is 5.63. The highest BCUT2D eigenvalue weighted by Gasteiger charge is 2.34. The second kappa shape index (κ2) is 10.1.